The molecule has 0 saturated heterocycles. The summed E-state index contributed by atoms with van der Waals surface area (Å²) in [6.07, 6.45) is -0.0831. The van der Waals surface area contributed by atoms with Crippen molar-refractivity contribution >= 4 is 17.7 Å². The van der Waals surface area contributed by atoms with Gasteiger partial charge in [-0.25, -0.2) is 0 Å². The maximum absolute atomic E-state index is 13.1. The molecule has 0 radical (unpaired) electrons. The van der Waals surface area contributed by atoms with E-state index in [0.29, 0.717) is 17.3 Å². The van der Waals surface area contributed by atoms with Crippen LogP contribution in [0.1, 0.15) is 29.3 Å². The zero-order valence-corrected chi connectivity index (χ0v) is 16.2. The van der Waals surface area contributed by atoms with E-state index in [1.807, 2.05) is 0 Å². The number of amides is 1. The minimum atomic E-state index is -4.79. The van der Waals surface area contributed by atoms with Crippen LogP contribution >= 0.6 is 0 Å². The molecule has 162 valence electrons. The van der Waals surface area contributed by atoms with Gasteiger partial charge in [-0.15, -0.1) is 0 Å². The second-order valence-electron chi connectivity index (χ2n) is 7.37. The summed E-state index contributed by atoms with van der Waals surface area (Å²) in [5.41, 5.74) is -2.73. The highest BCUT2D eigenvalue weighted by molar-refractivity contribution is 5.97. The van der Waals surface area contributed by atoms with E-state index in [4.69, 9.17) is 5.26 Å². The van der Waals surface area contributed by atoms with Crippen LogP contribution in [0.2, 0.25) is 0 Å². The first-order valence-corrected chi connectivity index (χ1v) is 9.07. The third-order valence-corrected chi connectivity index (χ3v) is 4.94. The number of hydrogen-bond donors (Lipinski definition) is 2. The topological polar surface area (TPSA) is 121 Å². The summed E-state index contributed by atoms with van der Waals surface area (Å²) in [4.78, 5) is 23.1. The molecule has 31 heavy (non-hydrogen) atoms. The van der Waals surface area contributed by atoms with E-state index in [9.17, 15) is 33.2 Å². The van der Waals surface area contributed by atoms with Crippen LogP contribution in [0.5, 0.6) is 0 Å². The molecule has 2 atom stereocenters. The predicted molar refractivity (Wildman–Crippen MR) is 103 cm³/mol. The highest BCUT2D eigenvalue weighted by atomic mass is 19.4. The number of nitriles is 1. The monoisotopic (exact) mass is 434 g/mol. The van der Waals surface area contributed by atoms with Gasteiger partial charge in [-0.1, -0.05) is 0 Å². The van der Waals surface area contributed by atoms with Gasteiger partial charge in [-0.05, 0) is 48.9 Å². The minimum Gasteiger partial charge on any atom is -0.378 e. The van der Waals surface area contributed by atoms with Crippen LogP contribution in [0.3, 0.4) is 0 Å². The van der Waals surface area contributed by atoms with E-state index in [1.54, 1.807) is 16.8 Å². The molecule has 0 bridgehead atoms. The lowest BCUT2D eigenvalue weighted by molar-refractivity contribution is -0.508. The van der Waals surface area contributed by atoms with Crippen molar-refractivity contribution in [2.45, 2.75) is 37.7 Å². The molecular formula is C20H17F3N4O4. The van der Waals surface area contributed by atoms with Crippen LogP contribution in [0, 0.1) is 21.4 Å². The molecule has 1 amide bonds. The smallest absolute Gasteiger partial charge is 0.378 e. The van der Waals surface area contributed by atoms with E-state index >= 15 is 0 Å². The normalized spacial score (nSPS) is 17.4. The molecule has 1 aliphatic carbocycles. The molecule has 1 aromatic heterocycles. The Morgan fingerprint density at radius 1 is 1.42 bits per heavy atom. The number of hydrogen-bond acceptors (Lipinski definition) is 5. The molecule has 8 nitrogen and oxygen atoms in total. The summed E-state index contributed by atoms with van der Waals surface area (Å²) in [5, 5.41) is 32.7. The van der Waals surface area contributed by atoms with Gasteiger partial charge in [0.1, 0.15) is 0 Å². The van der Waals surface area contributed by atoms with E-state index in [1.165, 1.54) is 25.1 Å². The Hall–Kier alpha value is -3.65. The van der Waals surface area contributed by atoms with Crippen molar-refractivity contribution in [2.24, 2.45) is 0 Å². The maximum Gasteiger partial charge on any atom is 0.417 e. The number of halogens is 3. The average molecular weight is 434 g/mol. The molecule has 0 fully saturated rings. The molecule has 1 aliphatic rings. The third kappa shape index (κ3) is 4.59. The van der Waals surface area contributed by atoms with Crippen molar-refractivity contribution in [3.05, 3.63) is 69.0 Å². The second kappa shape index (κ2) is 7.88. The van der Waals surface area contributed by atoms with Gasteiger partial charge in [0.25, 0.3) is 5.91 Å². The summed E-state index contributed by atoms with van der Waals surface area (Å²) in [6, 6.07) is 4.95. The van der Waals surface area contributed by atoms with Crippen molar-refractivity contribution in [3.8, 4) is 6.07 Å². The van der Waals surface area contributed by atoms with E-state index in [-0.39, 0.29) is 18.7 Å². The summed E-state index contributed by atoms with van der Waals surface area (Å²) in [6.45, 7) is 0.972. The molecule has 1 aromatic carbocycles. The number of aromatic nitrogens is 1. The Bertz CT molecular complexity index is 1110. The fourth-order valence-corrected chi connectivity index (χ4v) is 3.31. The van der Waals surface area contributed by atoms with Crippen molar-refractivity contribution in [1.82, 2.24) is 4.57 Å². The zero-order chi connectivity index (χ0) is 23.0. The van der Waals surface area contributed by atoms with Crippen LogP contribution in [0.15, 0.2) is 36.5 Å². The second-order valence-corrected chi connectivity index (χ2v) is 7.37. The number of alkyl halides is 3. The minimum absolute atomic E-state index is 0.172. The number of benzene rings is 1. The zero-order valence-electron chi connectivity index (χ0n) is 16.2. The highest BCUT2D eigenvalue weighted by Gasteiger charge is 2.36. The number of carbonyl (C=O) groups excluding carboxylic acids is 1. The van der Waals surface area contributed by atoms with Crippen molar-refractivity contribution in [1.29, 1.82) is 5.26 Å². The van der Waals surface area contributed by atoms with Gasteiger partial charge < -0.3 is 15.0 Å². The number of rotatable bonds is 5. The lowest BCUT2D eigenvalue weighted by Crippen LogP contribution is -2.44. The fraction of sp³-hybridized carbons (Fsp3) is 0.300. The largest absolute Gasteiger partial charge is 0.417 e. The standard InChI is InChI=1S/C20H17F3N4O4/c1-19(29,11-26-7-6-12-8-15(27(30)31)4-5-17(12)26)18(28)25-14-3-2-13(10-24)16(9-14)20(21,22)23/h2-7,9,15,29H,8,11H2,1H3,(H,25,28)/t15?,19-/m0/s1. The molecule has 3 rings (SSSR count). The van der Waals surface area contributed by atoms with Crippen molar-refractivity contribution in [2.75, 3.05) is 5.32 Å². The molecule has 2 N–H and O–H groups in total. The van der Waals surface area contributed by atoms with E-state index < -0.39 is 39.8 Å². The lowest BCUT2D eigenvalue weighted by Gasteiger charge is -2.25. The van der Waals surface area contributed by atoms with E-state index in [2.05, 4.69) is 5.32 Å². The summed E-state index contributed by atoms with van der Waals surface area (Å²) in [7, 11) is 0. The fourth-order valence-electron chi connectivity index (χ4n) is 3.31. The SMILES string of the molecule is C[C@](O)(Cn1ccc2c1C=CC([N+](=O)[O-])C2)C(=O)Nc1ccc(C#N)c(C(F)(F)F)c1. The summed E-state index contributed by atoms with van der Waals surface area (Å²) in [5.74, 6) is -0.948. The van der Waals surface area contributed by atoms with Gasteiger partial charge in [0, 0.05) is 28.9 Å². The van der Waals surface area contributed by atoms with Gasteiger partial charge in [0.15, 0.2) is 5.60 Å². The molecule has 0 spiro atoms. The van der Waals surface area contributed by atoms with Crippen LogP contribution in [-0.2, 0) is 23.9 Å². The Labute approximate surface area is 174 Å². The quantitative estimate of drug-likeness (QED) is 0.554. The van der Waals surface area contributed by atoms with Gasteiger partial charge in [-0.2, -0.15) is 18.4 Å². The van der Waals surface area contributed by atoms with Crippen molar-refractivity contribution < 1.29 is 28.0 Å². The molecule has 11 heteroatoms. The molecule has 2 aromatic rings. The van der Waals surface area contributed by atoms with Crippen molar-refractivity contribution in [3.63, 3.8) is 0 Å². The number of fused-ring (bicyclic) bond motifs is 1. The number of aliphatic hydroxyl groups is 1. The number of nitrogens with one attached hydrogen (secondary N) is 1. The number of nitrogens with zero attached hydrogens (tertiary/aromatic N) is 3. The average Bonchev–Trinajstić information content (AvgIpc) is 3.08. The summed E-state index contributed by atoms with van der Waals surface area (Å²) >= 11 is 0. The molecule has 0 saturated carbocycles. The Morgan fingerprint density at radius 3 is 2.74 bits per heavy atom. The van der Waals surface area contributed by atoms with Crippen LogP contribution in [0.25, 0.3) is 6.08 Å². The Kier molecular flexibility index (Phi) is 5.61. The molecule has 1 unspecified atom stereocenters. The highest BCUT2D eigenvalue weighted by Crippen LogP contribution is 2.34. The summed E-state index contributed by atoms with van der Waals surface area (Å²) < 4.78 is 40.9. The van der Waals surface area contributed by atoms with Crippen LogP contribution in [-0.4, -0.2) is 32.1 Å². The third-order valence-electron chi connectivity index (χ3n) is 4.94. The van der Waals surface area contributed by atoms with Gasteiger partial charge in [0.05, 0.1) is 23.7 Å². The van der Waals surface area contributed by atoms with Crippen LogP contribution < -0.4 is 5.32 Å². The van der Waals surface area contributed by atoms with Crippen LogP contribution in [0.4, 0.5) is 18.9 Å². The molecule has 1 heterocycles. The Morgan fingerprint density at radius 2 is 2.13 bits per heavy atom. The number of nitro groups is 1. The lowest BCUT2D eigenvalue weighted by atomic mass is 10.00. The molecular weight excluding hydrogens is 417 g/mol. The predicted octanol–water partition coefficient (Wildman–Crippen LogP) is 2.98. The van der Waals surface area contributed by atoms with Gasteiger partial charge in [-0.3, -0.25) is 14.9 Å². The molecule has 0 aliphatic heterocycles. The van der Waals surface area contributed by atoms with Gasteiger partial charge >= 0.3 is 6.18 Å². The van der Waals surface area contributed by atoms with Gasteiger partial charge in [0.2, 0.25) is 6.04 Å². The first-order chi connectivity index (χ1) is 14.4. The Balaban J connectivity index is 1.78. The first-order valence-electron chi connectivity index (χ1n) is 9.07. The maximum atomic E-state index is 13.1. The number of carbonyl (C=O) groups is 1. The van der Waals surface area contributed by atoms with E-state index in [0.717, 1.165) is 12.1 Å². The number of anilines is 1. The first kappa shape index (κ1) is 22.0.